The number of hydrogen-bond donors (Lipinski definition) is 1. The van der Waals surface area contributed by atoms with Gasteiger partial charge in [-0.3, -0.25) is 4.79 Å². The lowest BCUT2D eigenvalue weighted by molar-refractivity contribution is -0.141. The Morgan fingerprint density at radius 1 is 1.50 bits per heavy atom. The molecule has 5 heteroatoms. The third-order valence-electron chi connectivity index (χ3n) is 2.04. The van der Waals surface area contributed by atoms with E-state index >= 15 is 0 Å². The van der Waals surface area contributed by atoms with Crippen molar-refractivity contribution in [2.45, 2.75) is 25.4 Å². The summed E-state index contributed by atoms with van der Waals surface area (Å²) in [6, 6.07) is 0. The van der Waals surface area contributed by atoms with Crippen molar-refractivity contribution >= 4 is 5.97 Å². The Balaban J connectivity index is 2.16. The highest BCUT2D eigenvalue weighted by Gasteiger charge is 2.44. The molecule has 0 radical (unpaired) electrons. The van der Waals surface area contributed by atoms with Crippen LogP contribution in [0.3, 0.4) is 0 Å². The molecule has 1 N–H and O–H groups in total. The van der Waals surface area contributed by atoms with E-state index in [2.05, 4.69) is 0 Å². The van der Waals surface area contributed by atoms with Crippen LogP contribution in [-0.2, 0) is 4.79 Å². The normalized spacial score (nSPS) is 28.6. The zero-order valence-corrected chi connectivity index (χ0v) is 6.27. The van der Waals surface area contributed by atoms with Gasteiger partial charge in [-0.2, -0.15) is 13.2 Å². The molecule has 1 fully saturated rings. The highest BCUT2D eigenvalue weighted by atomic mass is 19.4. The fraction of sp³-hybridized carbons (Fsp3) is 0.857. The molecule has 0 aromatic carbocycles. The van der Waals surface area contributed by atoms with Gasteiger partial charge in [0, 0.05) is 6.42 Å². The van der Waals surface area contributed by atoms with Gasteiger partial charge in [0.05, 0.1) is 5.92 Å². The summed E-state index contributed by atoms with van der Waals surface area (Å²) in [6.45, 7) is 0. The largest absolute Gasteiger partial charge is 0.481 e. The van der Waals surface area contributed by atoms with Gasteiger partial charge in [0.25, 0.3) is 0 Å². The number of carbonyl (C=O) groups is 1. The SMILES string of the molecule is O=C(O)C1CC1CCC(F)(F)F. The number of rotatable bonds is 3. The van der Waals surface area contributed by atoms with E-state index in [1.54, 1.807) is 0 Å². The van der Waals surface area contributed by atoms with Gasteiger partial charge in [-0.05, 0) is 18.8 Å². The summed E-state index contributed by atoms with van der Waals surface area (Å²) in [5.41, 5.74) is 0. The number of alkyl halides is 3. The van der Waals surface area contributed by atoms with E-state index < -0.39 is 24.5 Å². The van der Waals surface area contributed by atoms with E-state index in [-0.39, 0.29) is 12.3 Å². The molecule has 0 spiro atoms. The average molecular weight is 182 g/mol. The minimum atomic E-state index is -4.15. The van der Waals surface area contributed by atoms with Gasteiger partial charge in [0.15, 0.2) is 0 Å². The second kappa shape index (κ2) is 2.95. The Morgan fingerprint density at radius 2 is 2.08 bits per heavy atom. The maximum Gasteiger partial charge on any atom is 0.389 e. The summed E-state index contributed by atoms with van der Waals surface area (Å²) in [5, 5.41) is 8.37. The van der Waals surface area contributed by atoms with E-state index in [9.17, 15) is 18.0 Å². The van der Waals surface area contributed by atoms with E-state index in [1.807, 2.05) is 0 Å². The minimum absolute atomic E-state index is 0.0412. The monoisotopic (exact) mass is 182 g/mol. The van der Waals surface area contributed by atoms with Crippen LogP contribution in [0.25, 0.3) is 0 Å². The molecule has 0 aromatic rings. The predicted molar refractivity (Wildman–Crippen MR) is 34.5 cm³/mol. The first-order valence-electron chi connectivity index (χ1n) is 3.69. The van der Waals surface area contributed by atoms with Crippen LogP contribution < -0.4 is 0 Å². The van der Waals surface area contributed by atoms with E-state index in [4.69, 9.17) is 5.11 Å². The molecule has 0 bridgehead atoms. The number of carboxylic acids is 1. The standard InChI is InChI=1S/C7H9F3O2/c8-7(9,10)2-1-4-3-5(4)6(11)12/h4-5H,1-3H2,(H,11,12). The van der Waals surface area contributed by atoms with Crippen LogP contribution in [0.1, 0.15) is 19.3 Å². The van der Waals surface area contributed by atoms with Gasteiger partial charge in [0.2, 0.25) is 0 Å². The van der Waals surface area contributed by atoms with Crippen LogP contribution in [0.5, 0.6) is 0 Å². The Labute approximate surface area is 67.4 Å². The van der Waals surface area contributed by atoms with Crippen LogP contribution in [0.2, 0.25) is 0 Å². The molecule has 0 aromatic heterocycles. The van der Waals surface area contributed by atoms with Crippen LogP contribution in [-0.4, -0.2) is 17.3 Å². The molecular formula is C7H9F3O2. The van der Waals surface area contributed by atoms with Crippen molar-refractivity contribution in [2.75, 3.05) is 0 Å². The molecule has 1 rings (SSSR count). The van der Waals surface area contributed by atoms with Gasteiger partial charge >= 0.3 is 12.1 Å². The minimum Gasteiger partial charge on any atom is -0.481 e. The van der Waals surface area contributed by atoms with Crippen molar-refractivity contribution in [1.29, 1.82) is 0 Å². The molecule has 0 amide bonds. The van der Waals surface area contributed by atoms with Gasteiger partial charge in [0.1, 0.15) is 0 Å². The number of aliphatic carboxylic acids is 1. The molecular weight excluding hydrogens is 173 g/mol. The first kappa shape index (κ1) is 9.35. The van der Waals surface area contributed by atoms with Crippen molar-refractivity contribution in [1.82, 2.24) is 0 Å². The van der Waals surface area contributed by atoms with Crippen LogP contribution in [0.15, 0.2) is 0 Å². The summed E-state index contributed by atoms with van der Waals surface area (Å²) in [6.07, 6.45) is -4.64. The van der Waals surface area contributed by atoms with Crippen molar-refractivity contribution in [3.05, 3.63) is 0 Å². The van der Waals surface area contributed by atoms with E-state index in [1.165, 1.54) is 0 Å². The number of carboxylic acid groups (broad SMARTS) is 1. The molecule has 2 unspecified atom stereocenters. The number of halogens is 3. The summed E-state index contributed by atoms with van der Waals surface area (Å²) in [5.74, 6) is -1.74. The fourth-order valence-electron chi connectivity index (χ4n) is 1.22. The molecule has 1 aliphatic rings. The van der Waals surface area contributed by atoms with Gasteiger partial charge in [-0.1, -0.05) is 0 Å². The zero-order valence-electron chi connectivity index (χ0n) is 6.27. The smallest absolute Gasteiger partial charge is 0.389 e. The first-order chi connectivity index (χ1) is 5.40. The quantitative estimate of drug-likeness (QED) is 0.725. The van der Waals surface area contributed by atoms with Crippen molar-refractivity contribution < 1.29 is 23.1 Å². The Morgan fingerprint density at radius 3 is 2.42 bits per heavy atom. The lowest BCUT2D eigenvalue weighted by Crippen LogP contribution is -2.08. The molecule has 0 saturated heterocycles. The lowest BCUT2D eigenvalue weighted by atomic mass is 10.2. The third-order valence-corrected chi connectivity index (χ3v) is 2.04. The van der Waals surface area contributed by atoms with Crippen LogP contribution in [0, 0.1) is 11.8 Å². The molecule has 0 aliphatic heterocycles. The number of hydrogen-bond acceptors (Lipinski definition) is 1. The molecule has 1 saturated carbocycles. The molecule has 2 nitrogen and oxygen atoms in total. The van der Waals surface area contributed by atoms with Crippen LogP contribution in [0.4, 0.5) is 13.2 Å². The van der Waals surface area contributed by atoms with Gasteiger partial charge in [-0.15, -0.1) is 0 Å². The summed E-state index contributed by atoms with van der Waals surface area (Å²) < 4.78 is 34.9. The average Bonchev–Trinajstić information content (AvgIpc) is 2.59. The fourth-order valence-corrected chi connectivity index (χ4v) is 1.22. The van der Waals surface area contributed by atoms with E-state index in [0.717, 1.165) is 0 Å². The molecule has 0 heterocycles. The molecule has 1 aliphatic carbocycles. The zero-order chi connectivity index (χ0) is 9.35. The molecule has 2 atom stereocenters. The van der Waals surface area contributed by atoms with Gasteiger partial charge in [-0.25, -0.2) is 0 Å². The Hall–Kier alpha value is -0.740. The summed E-state index contributed by atoms with van der Waals surface area (Å²) >= 11 is 0. The summed E-state index contributed by atoms with van der Waals surface area (Å²) in [4.78, 5) is 10.2. The Kier molecular flexibility index (Phi) is 2.30. The van der Waals surface area contributed by atoms with Crippen LogP contribution >= 0.6 is 0 Å². The topological polar surface area (TPSA) is 37.3 Å². The van der Waals surface area contributed by atoms with E-state index in [0.29, 0.717) is 6.42 Å². The van der Waals surface area contributed by atoms with Gasteiger partial charge < -0.3 is 5.11 Å². The summed E-state index contributed by atoms with van der Waals surface area (Å²) in [7, 11) is 0. The first-order valence-corrected chi connectivity index (χ1v) is 3.69. The maximum absolute atomic E-state index is 11.6. The van der Waals surface area contributed by atoms with Crippen molar-refractivity contribution in [3.8, 4) is 0 Å². The predicted octanol–water partition coefficient (Wildman–Crippen LogP) is 2.05. The molecule has 12 heavy (non-hydrogen) atoms. The second-order valence-electron chi connectivity index (χ2n) is 3.09. The molecule has 70 valence electrons. The maximum atomic E-state index is 11.6. The highest BCUT2D eigenvalue weighted by Crippen LogP contribution is 2.43. The van der Waals surface area contributed by atoms with Crippen molar-refractivity contribution in [2.24, 2.45) is 11.8 Å². The lowest BCUT2D eigenvalue weighted by Gasteiger charge is -2.03. The third kappa shape index (κ3) is 2.71. The van der Waals surface area contributed by atoms with Crippen molar-refractivity contribution in [3.63, 3.8) is 0 Å². The Bertz CT molecular complexity index is 188. The second-order valence-corrected chi connectivity index (χ2v) is 3.09. The highest BCUT2D eigenvalue weighted by molar-refractivity contribution is 5.73.